The van der Waals surface area contributed by atoms with Crippen molar-refractivity contribution in [3.8, 4) is 0 Å². The number of aromatic nitrogens is 3. The number of carbonyl (C=O) groups is 1. The molecule has 1 amide bonds. The smallest absolute Gasteiger partial charge is 0.263 e. The number of nitrogens with one attached hydrogen (secondary N) is 1. The maximum Gasteiger partial charge on any atom is 0.263 e. The van der Waals surface area contributed by atoms with E-state index in [9.17, 15) is 4.79 Å². The minimum Gasteiger partial charge on any atom is -0.360 e. The second-order valence-corrected chi connectivity index (χ2v) is 15.2. The lowest BCUT2D eigenvalue weighted by Crippen LogP contribution is -2.47. The van der Waals surface area contributed by atoms with Crippen molar-refractivity contribution < 1.29 is 9.53 Å². The number of hydrogen-bond donors (Lipinski definition) is 1. The summed E-state index contributed by atoms with van der Waals surface area (Å²) in [5.41, 5.74) is 3.51. The fraction of sp³-hybridized carbons (Fsp3) is 0.556. The molecular weight excluding hydrogens is 392 g/mol. The molecule has 4 heterocycles. The molecule has 2 aromatic rings. The largest absolute Gasteiger partial charge is 0.360 e. The van der Waals surface area contributed by atoms with Crippen molar-refractivity contribution in [3.05, 3.63) is 27.8 Å². The van der Waals surface area contributed by atoms with Crippen molar-refractivity contribution in [3.63, 3.8) is 0 Å². The molecule has 2 atom stereocenters. The summed E-state index contributed by atoms with van der Waals surface area (Å²) in [5.74, 6) is 0.791. The minimum atomic E-state index is -1.06. The molecular formula is C18H26N6O2SSi. The number of hydrogen-bond acceptors (Lipinski definition) is 7. The molecule has 1 N–H and O–H groups in total. The Morgan fingerprint density at radius 2 is 2.18 bits per heavy atom. The highest BCUT2D eigenvalue weighted by Gasteiger charge is 2.44. The molecule has 0 saturated carbocycles. The summed E-state index contributed by atoms with van der Waals surface area (Å²) >= 11 is 1.64. The predicted molar refractivity (Wildman–Crippen MR) is 113 cm³/mol. The number of amides is 1. The zero-order chi connectivity index (χ0) is 19.9. The molecule has 0 aliphatic carbocycles. The molecule has 2 aliphatic rings. The van der Waals surface area contributed by atoms with Gasteiger partial charge in [0.2, 0.25) is 0 Å². The van der Waals surface area contributed by atoms with Crippen LogP contribution >= 0.6 is 11.3 Å². The topological polar surface area (TPSA) is 84.6 Å². The molecule has 0 radical (unpaired) electrons. The maximum atomic E-state index is 12.1. The first-order valence-electron chi connectivity index (χ1n) is 9.47. The third kappa shape index (κ3) is 3.89. The van der Waals surface area contributed by atoms with Crippen LogP contribution in [0.15, 0.2) is 17.4 Å². The number of fused-ring (bicyclic) bond motifs is 3. The Morgan fingerprint density at radius 3 is 2.96 bits per heavy atom. The quantitative estimate of drug-likeness (QED) is 0.551. The van der Waals surface area contributed by atoms with E-state index in [0.717, 1.165) is 34.0 Å². The molecule has 8 nitrogen and oxygen atoms in total. The maximum absolute atomic E-state index is 12.1. The van der Waals surface area contributed by atoms with E-state index in [2.05, 4.69) is 35.3 Å². The van der Waals surface area contributed by atoms with Gasteiger partial charge < -0.3 is 9.64 Å². The van der Waals surface area contributed by atoms with Crippen LogP contribution in [0.1, 0.15) is 21.5 Å². The van der Waals surface area contributed by atoms with Crippen LogP contribution in [-0.4, -0.2) is 54.7 Å². The van der Waals surface area contributed by atoms with Crippen molar-refractivity contribution in [2.75, 3.05) is 18.6 Å². The van der Waals surface area contributed by atoms with Crippen LogP contribution in [0, 0.1) is 0 Å². The van der Waals surface area contributed by atoms with Crippen LogP contribution in [0.2, 0.25) is 25.7 Å². The van der Waals surface area contributed by atoms with E-state index in [0.29, 0.717) is 13.2 Å². The molecule has 28 heavy (non-hydrogen) atoms. The highest BCUT2D eigenvalue weighted by molar-refractivity contribution is 7.12. The average molecular weight is 419 g/mol. The molecule has 0 bridgehead atoms. The highest BCUT2D eigenvalue weighted by atomic mass is 32.1. The molecule has 2 unspecified atom stereocenters. The normalized spacial score (nSPS) is 21.0. The van der Waals surface area contributed by atoms with E-state index in [1.807, 2.05) is 35.1 Å². The molecule has 150 valence electrons. The first kappa shape index (κ1) is 19.3. The summed E-state index contributed by atoms with van der Waals surface area (Å²) in [6.45, 7) is 8.31. The van der Waals surface area contributed by atoms with Gasteiger partial charge in [-0.05, 0) is 12.1 Å². The van der Waals surface area contributed by atoms with Gasteiger partial charge in [-0.25, -0.2) is 15.1 Å². The highest BCUT2D eigenvalue weighted by Crippen LogP contribution is 2.43. The number of nitrogens with zero attached hydrogens (tertiary/aromatic N) is 5. The summed E-state index contributed by atoms with van der Waals surface area (Å²) in [6.07, 6.45) is 4.43. The fourth-order valence-corrected chi connectivity index (χ4v) is 5.40. The third-order valence-electron chi connectivity index (χ3n) is 5.00. The molecule has 0 fully saturated rings. The Balaban J connectivity index is 1.38. The Labute approximate surface area is 169 Å². The second-order valence-electron chi connectivity index (χ2n) is 8.50. The van der Waals surface area contributed by atoms with Crippen LogP contribution in [0.5, 0.6) is 0 Å². The van der Waals surface area contributed by atoms with E-state index in [1.54, 1.807) is 11.3 Å². The van der Waals surface area contributed by atoms with Gasteiger partial charge in [-0.2, -0.15) is 10.2 Å². The van der Waals surface area contributed by atoms with Crippen LogP contribution in [0.25, 0.3) is 0 Å². The van der Waals surface area contributed by atoms with Crippen LogP contribution in [0.4, 0.5) is 5.82 Å². The van der Waals surface area contributed by atoms with E-state index < -0.39 is 8.07 Å². The van der Waals surface area contributed by atoms with Crippen LogP contribution in [-0.2, 0) is 22.7 Å². The van der Waals surface area contributed by atoms with Gasteiger partial charge >= 0.3 is 0 Å². The monoisotopic (exact) mass is 418 g/mol. The predicted octanol–water partition coefficient (Wildman–Crippen LogP) is 2.26. The third-order valence-corrected chi connectivity index (χ3v) is 7.85. The lowest BCUT2D eigenvalue weighted by Gasteiger charge is -2.25. The molecule has 0 aromatic carbocycles. The number of carbonyl (C=O) groups excluding carboxylic acids is 1. The van der Waals surface area contributed by atoms with Crippen molar-refractivity contribution in [1.29, 1.82) is 0 Å². The average Bonchev–Trinajstić information content (AvgIpc) is 3.29. The van der Waals surface area contributed by atoms with Gasteiger partial charge in [0.15, 0.2) is 0 Å². The van der Waals surface area contributed by atoms with Crippen molar-refractivity contribution in [2.24, 2.45) is 5.10 Å². The number of likely N-dealkylation sites (N-methyl/N-ethyl adjacent to an activating group) is 1. The van der Waals surface area contributed by atoms with Crippen LogP contribution < -0.4 is 10.3 Å². The number of ether oxygens (including phenoxy) is 1. The number of rotatable bonds is 7. The molecule has 10 heteroatoms. The summed E-state index contributed by atoms with van der Waals surface area (Å²) < 4.78 is 7.59. The summed E-state index contributed by atoms with van der Waals surface area (Å²) in [6, 6.07) is 2.92. The van der Waals surface area contributed by atoms with Crippen LogP contribution in [0.3, 0.4) is 0 Å². The molecule has 0 saturated heterocycles. The molecule has 2 aromatic heterocycles. The first-order valence-corrected chi connectivity index (χ1v) is 14.0. The number of hydrazone groups is 1. The summed E-state index contributed by atoms with van der Waals surface area (Å²) in [4.78, 5) is 19.9. The SMILES string of the molecule is CN1c2nc(Cc3ccn(COCC[Si](C)(C)C)n3)sc2C2C=NNC(=O)C21. The van der Waals surface area contributed by atoms with Gasteiger partial charge in [0.05, 0.1) is 16.5 Å². The molecule has 0 spiro atoms. The van der Waals surface area contributed by atoms with E-state index in [1.165, 1.54) is 0 Å². The van der Waals surface area contributed by atoms with E-state index >= 15 is 0 Å². The van der Waals surface area contributed by atoms with Gasteiger partial charge in [0.1, 0.15) is 23.6 Å². The lowest BCUT2D eigenvalue weighted by molar-refractivity contribution is -0.122. The first-order chi connectivity index (χ1) is 13.3. The molecule has 2 aliphatic heterocycles. The van der Waals surface area contributed by atoms with E-state index in [4.69, 9.17) is 9.72 Å². The van der Waals surface area contributed by atoms with Crippen molar-refractivity contribution in [1.82, 2.24) is 20.2 Å². The zero-order valence-corrected chi connectivity index (χ0v) is 18.5. The van der Waals surface area contributed by atoms with Gasteiger partial charge in [0, 0.05) is 40.6 Å². The van der Waals surface area contributed by atoms with Gasteiger partial charge in [-0.1, -0.05) is 19.6 Å². The molecule has 4 rings (SSSR count). The number of anilines is 1. The standard InChI is InChI=1S/C18H26N6O2SSi/c1-23-15-13(10-19-21-18(15)25)16-17(23)20-14(27-16)9-12-5-6-24(22-12)11-26-7-8-28(2,3)4/h5-6,10,13,15H,7-9,11H2,1-4H3,(H,21,25). The van der Waals surface area contributed by atoms with Crippen molar-refractivity contribution in [2.45, 2.75) is 50.8 Å². The summed E-state index contributed by atoms with van der Waals surface area (Å²) in [7, 11) is 0.850. The Kier molecular flexibility index (Phi) is 5.10. The Bertz CT molecular complexity index is 902. The van der Waals surface area contributed by atoms with E-state index in [-0.39, 0.29) is 17.9 Å². The lowest BCUT2D eigenvalue weighted by atomic mass is 10.0. The second kappa shape index (κ2) is 7.41. The van der Waals surface area contributed by atoms with Crippen molar-refractivity contribution >= 4 is 37.4 Å². The van der Waals surface area contributed by atoms with Gasteiger partial charge in [0.25, 0.3) is 5.91 Å². The summed E-state index contributed by atoms with van der Waals surface area (Å²) in [5, 5.41) is 9.58. The Hall–Kier alpha value is -2.04. The fourth-order valence-electron chi connectivity index (χ4n) is 3.43. The number of thiazole rings is 1. The zero-order valence-electron chi connectivity index (χ0n) is 16.7. The van der Waals surface area contributed by atoms with Gasteiger partial charge in [-0.3, -0.25) is 4.79 Å². The Morgan fingerprint density at radius 1 is 1.36 bits per heavy atom. The van der Waals surface area contributed by atoms with Gasteiger partial charge in [-0.15, -0.1) is 11.3 Å². The minimum absolute atomic E-state index is 0.0164.